The van der Waals surface area contributed by atoms with Crippen molar-refractivity contribution in [3.8, 4) is 0 Å². The molecule has 3 fully saturated rings. The van der Waals surface area contributed by atoms with Crippen molar-refractivity contribution in [2.45, 2.75) is 57.5 Å². The number of sulfonamides is 1. The number of hydrogen-bond acceptors (Lipinski definition) is 9. The molecule has 2 saturated heterocycles. The minimum Gasteiger partial charge on any atom is -0.395 e. The monoisotopic (exact) mass is 605 g/mol. The van der Waals surface area contributed by atoms with Crippen LogP contribution in [0.5, 0.6) is 0 Å². The van der Waals surface area contributed by atoms with E-state index in [9.17, 15) is 22.0 Å². The number of amides is 1. The molecule has 4 aliphatic rings. The molecule has 0 unspecified atom stereocenters. The van der Waals surface area contributed by atoms with Crippen LogP contribution in [0.3, 0.4) is 0 Å². The average Bonchev–Trinajstić information content (AvgIpc) is 3.57. The van der Waals surface area contributed by atoms with Crippen LogP contribution in [0, 0.1) is 5.41 Å². The molecule has 0 radical (unpaired) electrons. The summed E-state index contributed by atoms with van der Waals surface area (Å²) in [5, 5.41) is 12.0. The van der Waals surface area contributed by atoms with Gasteiger partial charge in [0, 0.05) is 57.7 Å². The number of alkyl halides is 2. The first-order valence-corrected chi connectivity index (χ1v) is 16.1. The number of fused-ring (bicyclic) bond motifs is 1. The summed E-state index contributed by atoms with van der Waals surface area (Å²) in [5.74, 6) is -2.88. The molecule has 42 heavy (non-hydrogen) atoms. The van der Waals surface area contributed by atoms with Gasteiger partial charge in [-0.3, -0.25) is 19.7 Å². The van der Waals surface area contributed by atoms with Crippen molar-refractivity contribution in [2.75, 3.05) is 65.4 Å². The van der Waals surface area contributed by atoms with Gasteiger partial charge in [0.1, 0.15) is 5.82 Å². The highest BCUT2D eigenvalue weighted by Crippen LogP contribution is 2.54. The molecule has 2 aromatic rings. The Morgan fingerprint density at radius 1 is 1.00 bits per heavy atom. The summed E-state index contributed by atoms with van der Waals surface area (Å²) in [5.41, 5.74) is 3.32. The molecule has 0 bridgehead atoms. The molecule has 14 heteroatoms. The predicted octanol–water partition coefficient (Wildman–Crippen LogP) is 3.02. The van der Waals surface area contributed by atoms with Gasteiger partial charge in [-0.05, 0) is 56.3 Å². The smallest absolute Gasteiger partial charge is 0.260 e. The normalized spacial score (nSPS) is 21.3. The highest BCUT2D eigenvalue weighted by Gasteiger charge is 2.45. The summed E-state index contributed by atoms with van der Waals surface area (Å²) in [6, 6.07) is 4.77. The van der Waals surface area contributed by atoms with Gasteiger partial charge in [-0.2, -0.15) is 4.98 Å². The van der Waals surface area contributed by atoms with E-state index in [4.69, 9.17) is 5.11 Å². The number of halogens is 2. The molecule has 1 aliphatic carbocycles. The number of aliphatic hydroxyl groups excluding tert-OH is 1. The maximum absolute atomic E-state index is 13.9. The van der Waals surface area contributed by atoms with Crippen LogP contribution in [0.15, 0.2) is 18.2 Å². The third kappa shape index (κ3) is 6.16. The molecule has 1 amide bonds. The van der Waals surface area contributed by atoms with Crippen LogP contribution in [-0.2, 0) is 23.1 Å². The summed E-state index contributed by atoms with van der Waals surface area (Å²) in [6.07, 6.45) is 3.95. The fourth-order valence-electron chi connectivity index (χ4n) is 6.22. The summed E-state index contributed by atoms with van der Waals surface area (Å²) in [7, 11) is -1.80. The fraction of sp³-hybridized carbons (Fsp3) is 0.607. The number of carbonyl (C=O) groups excluding carboxylic acids is 1. The first-order valence-electron chi connectivity index (χ1n) is 14.5. The number of anilines is 4. The molecule has 6 rings (SSSR count). The lowest BCUT2D eigenvalue weighted by atomic mass is 9.93. The summed E-state index contributed by atoms with van der Waals surface area (Å²) >= 11 is 0. The largest absolute Gasteiger partial charge is 0.395 e. The number of carbonyl (C=O) groups is 1. The van der Waals surface area contributed by atoms with E-state index in [0.29, 0.717) is 41.3 Å². The molecule has 1 saturated carbocycles. The zero-order valence-corrected chi connectivity index (χ0v) is 24.5. The van der Waals surface area contributed by atoms with Crippen LogP contribution in [0.1, 0.15) is 60.1 Å². The van der Waals surface area contributed by atoms with Crippen LogP contribution in [-0.4, -0.2) is 85.8 Å². The summed E-state index contributed by atoms with van der Waals surface area (Å²) in [4.78, 5) is 29.0. The number of hydrogen-bond donors (Lipinski definition) is 3. The van der Waals surface area contributed by atoms with Crippen LogP contribution in [0.4, 0.5) is 31.9 Å². The predicted molar refractivity (Wildman–Crippen MR) is 156 cm³/mol. The number of rotatable bonds is 8. The molecule has 4 heterocycles. The number of aliphatic hydroxyl groups is 1. The molecular formula is C28H37F2N7O4S. The van der Waals surface area contributed by atoms with Crippen LogP contribution in [0.2, 0.25) is 0 Å². The molecule has 0 atom stereocenters. The van der Waals surface area contributed by atoms with Crippen molar-refractivity contribution < 1.29 is 27.1 Å². The van der Waals surface area contributed by atoms with E-state index in [-0.39, 0.29) is 31.9 Å². The van der Waals surface area contributed by atoms with E-state index in [2.05, 4.69) is 29.8 Å². The summed E-state index contributed by atoms with van der Waals surface area (Å²) < 4.78 is 54.9. The number of aromatic nitrogens is 2. The van der Waals surface area contributed by atoms with Crippen LogP contribution in [0.25, 0.3) is 0 Å². The second-order valence-electron chi connectivity index (χ2n) is 12.1. The lowest BCUT2D eigenvalue weighted by Crippen LogP contribution is -2.40. The van der Waals surface area contributed by atoms with Gasteiger partial charge in [0.25, 0.3) is 11.8 Å². The van der Waals surface area contributed by atoms with E-state index in [0.717, 1.165) is 37.2 Å². The second kappa shape index (κ2) is 10.9. The van der Waals surface area contributed by atoms with Crippen LogP contribution >= 0.6 is 0 Å². The zero-order chi connectivity index (χ0) is 29.7. The van der Waals surface area contributed by atoms with Crippen molar-refractivity contribution in [3.05, 3.63) is 35.0 Å². The van der Waals surface area contributed by atoms with Crippen molar-refractivity contribution in [1.29, 1.82) is 0 Å². The van der Waals surface area contributed by atoms with Crippen molar-refractivity contribution >= 4 is 39.1 Å². The Morgan fingerprint density at radius 2 is 1.69 bits per heavy atom. The zero-order valence-electron chi connectivity index (χ0n) is 23.7. The molecule has 3 aliphatic heterocycles. The molecule has 1 aromatic heterocycles. The number of benzene rings is 1. The summed E-state index contributed by atoms with van der Waals surface area (Å²) in [6.45, 7) is 2.48. The Kier molecular flexibility index (Phi) is 7.50. The number of piperidine rings is 2. The topological polar surface area (TPSA) is 131 Å². The van der Waals surface area contributed by atoms with Gasteiger partial charge in [0.15, 0.2) is 0 Å². The van der Waals surface area contributed by atoms with Crippen molar-refractivity contribution in [1.82, 2.24) is 14.9 Å². The molecule has 1 spiro atoms. The lowest BCUT2D eigenvalue weighted by Gasteiger charge is -2.35. The third-order valence-electron chi connectivity index (χ3n) is 8.94. The Bertz CT molecular complexity index is 1460. The Balaban J connectivity index is 1.29. The quantitative estimate of drug-likeness (QED) is 0.416. The first kappa shape index (κ1) is 29.0. The first-order chi connectivity index (χ1) is 19.9. The standard InChI is InChI=1S/C28H37F2N7O4S/c1-35-17-21-22(18-35)31-26(32-24(21)37-12-8-28(29,30)9-13-37)33-25(39)20-3-2-19(34-42(40,41)15-14-38)16-23(20)36-10-6-27(4-5-27)7-11-36/h2-3,16,34,38H,4-15,17-18H2,1H3,(H,31,32,33,39). The van der Waals surface area contributed by atoms with E-state index in [1.54, 1.807) is 12.1 Å². The maximum Gasteiger partial charge on any atom is 0.260 e. The van der Waals surface area contributed by atoms with Gasteiger partial charge in [-0.25, -0.2) is 22.2 Å². The highest BCUT2D eigenvalue weighted by molar-refractivity contribution is 7.92. The van der Waals surface area contributed by atoms with Gasteiger partial charge in [0.05, 0.1) is 35.0 Å². The highest BCUT2D eigenvalue weighted by atomic mass is 32.2. The number of nitrogens with one attached hydrogen (secondary N) is 2. The Morgan fingerprint density at radius 3 is 2.36 bits per heavy atom. The molecular weight excluding hydrogens is 568 g/mol. The van der Waals surface area contributed by atoms with Gasteiger partial charge >= 0.3 is 0 Å². The van der Waals surface area contributed by atoms with E-state index in [1.165, 1.54) is 18.9 Å². The van der Waals surface area contributed by atoms with Crippen LogP contribution < -0.4 is 19.8 Å². The van der Waals surface area contributed by atoms with Gasteiger partial charge in [-0.15, -0.1) is 0 Å². The van der Waals surface area contributed by atoms with E-state index in [1.807, 2.05) is 11.9 Å². The van der Waals surface area contributed by atoms with Crippen molar-refractivity contribution in [2.24, 2.45) is 5.41 Å². The lowest BCUT2D eigenvalue weighted by molar-refractivity contribution is -0.0221. The Hall–Kier alpha value is -3.10. The SMILES string of the molecule is CN1Cc2nc(NC(=O)c3ccc(NS(=O)(=O)CCO)cc3N3CCC4(CC3)CC4)nc(N3CCC(F)(F)CC3)c2C1. The molecule has 3 N–H and O–H groups in total. The van der Waals surface area contributed by atoms with E-state index < -0.39 is 34.2 Å². The number of nitrogens with zero attached hydrogens (tertiary/aromatic N) is 5. The minimum absolute atomic E-state index is 0.107. The molecule has 1 aromatic carbocycles. The van der Waals surface area contributed by atoms with Gasteiger partial charge < -0.3 is 14.9 Å². The second-order valence-corrected chi connectivity index (χ2v) is 14.0. The Labute approximate surface area is 244 Å². The van der Waals surface area contributed by atoms with Gasteiger partial charge in [-0.1, -0.05) is 0 Å². The van der Waals surface area contributed by atoms with Crippen molar-refractivity contribution in [3.63, 3.8) is 0 Å². The molecule has 228 valence electrons. The van der Waals surface area contributed by atoms with E-state index >= 15 is 0 Å². The fourth-order valence-corrected chi connectivity index (χ4v) is 7.05. The third-order valence-corrected chi connectivity index (χ3v) is 10.2. The maximum atomic E-state index is 13.9. The molecule has 11 nitrogen and oxygen atoms in total. The van der Waals surface area contributed by atoms with Gasteiger partial charge in [0.2, 0.25) is 16.0 Å². The average molecular weight is 606 g/mol. The minimum atomic E-state index is -3.75.